The smallest absolute Gasteiger partial charge is 0.180 e. The average molecular weight is 337 g/mol. The molecule has 0 spiro atoms. The lowest BCUT2D eigenvalue weighted by molar-refractivity contribution is 0.136. The molecule has 0 amide bonds. The van der Waals surface area contributed by atoms with Crippen molar-refractivity contribution in [2.45, 2.75) is 30.2 Å². The van der Waals surface area contributed by atoms with Gasteiger partial charge in [-0.15, -0.1) is 0 Å². The molecule has 1 aromatic heterocycles. The zero-order chi connectivity index (χ0) is 17.2. The minimum atomic E-state index is -3.33. The van der Waals surface area contributed by atoms with E-state index in [-0.39, 0.29) is 16.4 Å². The largest absolute Gasteiger partial charge is 0.382 e. The van der Waals surface area contributed by atoms with Crippen LogP contribution in [0.15, 0.2) is 35.4 Å². The van der Waals surface area contributed by atoms with E-state index in [1.165, 1.54) is 18.3 Å². The fourth-order valence-electron chi connectivity index (χ4n) is 1.92. The van der Waals surface area contributed by atoms with Gasteiger partial charge >= 0.3 is 0 Å². The molecule has 124 valence electrons. The fraction of sp³-hybridized carbons (Fsp3) is 0.286. The van der Waals surface area contributed by atoms with E-state index in [1.807, 2.05) is 0 Å². The third-order valence-electron chi connectivity index (χ3n) is 3.35. The Hall–Kier alpha value is -2.07. The number of aromatic nitrogens is 2. The topological polar surface area (TPSA) is 144 Å². The first kappa shape index (κ1) is 17.3. The number of nitrogens with zero attached hydrogens (tertiary/aromatic N) is 2. The maximum Gasteiger partial charge on any atom is 0.180 e. The lowest BCUT2D eigenvalue weighted by Crippen LogP contribution is -2.29. The Kier molecular flexibility index (Phi) is 4.95. The summed E-state index contributed by atoms with van der Waals surface area (Å²) in [5.74, 6) is 5.22. The Labute approximate surface area is 134 Å². The molecular formula is C14H19N5O3S. The second-order valence-electron chi connectivity index (χ2n) is 5.21. The summed E-state index contributed by atoms with van der Waals surface area (Å²) in [5, 5.41) is 9.20. The van der Waals surface area contributed by atoms with E-state index < -0.39 is 21.3 Å². The molecule has 0 radical (unpaired) electrons. The molecule has 23 heavy (non-hydrogen) atoms. The van der Waals surface area contributed by atoms with Crippen LogP contribution in [0.2, 0.25) is 0 Å². The van der Waals surface area contributed by atoms with Crippen LogP contribution in [-0.4, -0.2) is 28.7 Å². The van der Waals surface area contributed by atoms with Crippen LogP contribution in [0.5, 0.6) is 0 Å². The van der Waals surface area contributed by atoms with Crippen LogP contribution in [0, 0.1) is 0 Å². The van der Waals surface area contributed by atoms with Gasteiger partial charge in [0.1, 0.15) is 11.5 Å². The van der Waals surface area contributed by atoms with E-state index >= 15 is 0 Å². The molecule has 8 nitrogen and oxygen atoms in total. The van der Waals surface area contributed by atoms with Gasteiger partial charge in [0.15, 0.2) is 16.1 Å². The summed E-state index contributed by atoms with van der Waals surface area (Å²) in [6.07, 6.45) is 0.191. The summed E-state index contributed by atoms with van der Waals surface area (Å²) in [5.41, 5.74) is 8.97. The van der Waals surface area contributed by atoms with Crippen molar-refractivity contribution in [1.82, 2.24) is 15.4 Å². The molecule has 0 saturated carbocycles. The van der Waals surface area contributed by atoms with E-state index in [2.05, 4.69) is 15.4 Å². The van der Waals surface area contributed by atoms with Crippen molar-refractivity contribution >= 4 is 15.7 Å². The van der Waals surface area contributed by atoms with E-state index in [0.717, 1.165) is 0 Å². The number of anilines is 1. The molecule has 0 saturated heterocycles. The second-order valence-corrected chi connectivity index (χ2v) is 7.72. The van der Waals surface area contributed by atoms with Crippen molar-refractivity contribution in [2.24, 2.45) is 5.84 Å². The molecule has 0 aliphatic rings. The number of nitrogens with one attached hydrogen (secondary N) is 1. The van der Waals surface area contributed by atoms with E-state index in [4.69, 9.17) is 11.6 Å². The van der Waals surface area contributed by atoms with Crippen LogP contribution in [0.3, 0.4) is 0 Å². The number of nitrogen functional groups attached to an aromatic ring is 1. The van der Waals surface area contributed by atoms with Gasteiger partial charge in [-0.25, -0.2) is 23.8 Å². The standard InChI is InChI=1S/C14H19N5O3S/c1-8(2)23(21,22)10-5-3-9(4-6-10)11-7-17-13(15)12(18-11)14(20)19-16/h3-8,14,19-20H,16H2,1-2H3,(H2,15,17). The Morgan fingerprint density at radius 3 is 2.35 bits per heavy atom. The number of hydrogen-bond donors (Lipinski definition) is 4. The molecule has 2 aromatic rings. The van der Waals surface area contributed by atoms with Gasteiger partial charge in [-0.1, -0.05) is 12.1 Å². The van der Waals surface area contributed by atoms with E-state index in [1.54, 1.807) is 26.0 Å². The zero-order valence-corrected chi connectivity index (χ0v) is 13.6. The van der Waals surface area contributed by atoms with Crippen molar-refractivity contribution in [3.63, 3.8) is 0 Å². The van der Waals surface area contributed by atoms with Crippen LogP contribution in [0.1, 0.15) is 25.8 Å². The van der Waals surface area contributed by atoms with Crippen molar-refractivity contribution < 1.29 is 13.5 Å². The first-order chi connectivity index (χ1) is 10.8. The summed E-state index contributed by atoms with van der Waals surface area (Å²) in [6.45, 7) is 3.25. The van der Waals surface area contributed by atoms with Crippen molar-refractivity contribution in [3.8, 4) is 11.3 Å². The Morgan fingerprint density at radius 2 is 1.83 bits per heavy atom. The third kappa shape index (κ3) is 3.48. The highest BCUT2D eigenvalue weighted by Gasteiger charge is 2.19. The molecule has 2 rings (SSSR count). The summed E-state index contributed by atoms with van der Waals surface area (Å²) >= 11 is 0. The predicted octanol–water partition coefficient (Wildman–Crippen LogP) is 0.362. The SMILES string of the molecule is CC(C)S(=O)(=O)c1ccc(-c2cnc(N)c(C(O)NN)n2)cc1. The summed E-state index contributed by atoms with van der Waals surface area (Å²) in [4.78, 5) is 8.42. The molecule has 1 unspecified atom stereocenters. The maximum absolute atomic E-state index is 12.1. The lowest BCUT2D eigenvalue weighted by Gasteiger charge is -2.12. The van der Waals surface area contributed by atoms with Crippen molar-refractivity contribution in [1.29, 1.82) is 0 Å². The van der Waals surface area contributed by atoms with Gasteiger partial charge in [-0.05, 0) is 26.0 Å². The number of benzene rings is 1. The number of nitrogens with two attached hydrogens (primary N) is 2. The highest BCUT2D eigenvalue weighted by atomic mass is 32.2. The average Bonchev–Trinajstić information content (AvgIpc) is 2.54. The lowest BCUT2D eigenvalue weighted by atomic mass is 10.1. The van der Waals surface area contributed by atoms with Gasteiger partial charge in [0.25, 0.3) is 0 Å². The van der Waals surface area contributed by atoms with Crippen LogP contribution in [0.25, 0.3) is 11.3 Å². The Morgan fingerprint density at radius 1 is 1.22 bits per heavy atom. The molecule has 0 aliphatic heterocycles. The highest BCUT2D eigenvalue weighted by Crippen LogP contribution is 2.23. The molecule has 6 N–H and O–H groups in total. The minimum absolute atomic E-state index is 0.0539. The zero-order valence-electron chi connectivity index (χ0n) is 12.8. The van der Waals surface area contributed by atoms with Gasteiger partial charge in [0.05, 0.1) is 22.0 Å². The number of hydrogen-bond acceptors (Lipinski definition) is 8. The monoisotopic (exact) mass is 337 g/mol. The molecule has 1 heterocycles. The van der Waals surface area contributed by atoms with Gasteiger partial charge in [-0.2, -0.15) is 0 Å². The van der Waals surface area contributed by atoms with Crippen LogP contribution in [0.4, 0.5) is 5.82 Å². The van der Waals surface area contributed by atoms with Crippen LogP contribution in [-0.2, 0) is 9.84 Å². The van der Waals surface area contributed by atoms with E-state index in [9.17, 15) is 13.5 Å². The van der Waals surface area contributed by atoms with Crippen LogP contribution >= 0.6 is 0 Å². The number of sulfone groups is 1. The predicted molar refractivity (Wildman–Crippen MR) is 86.5 cm³/mol. The molecule has 0 aliphatic carbocycles. The summed E-state index contributed by atoms with van der Waals surface area (Å²) < 4.78 is 24.2. The first-order valence-electron chi connectivity index (χ1n) is 6.88. The van der Waals surface area contributed by atoms with E-state index in [0.29, 0.717) is 11.3 Å². The molecule has 1 atom stereocenters. The molecule has 1 aromatic carbocycles. The normalized spacial score (nSPS) is 13.3. The van der Waals surface area contributed by atoms with Gasteiger partial charge in [0, 0.05) is 5.56 Å². The molecule has 0 fully saturated rings. The quantitative estimate of drug-likeness (QED) is 0.348. The number of hydrazine groups is 1. The molecule has 9 heteroatoms. The minimum Gasteiger partial charge on any atom is -0.382 e. The van der Waals surface area contributed by atoms with Gasteiger partial charge < -0.3 is 10.8 Å². The first-order valence-corrected chi connectivity index (χ1v) is 8.43. The van der Waals surface area contributed by atoms with Gasteiger partial charge in [0.2, 0.25) is 0 Å². The summed E-state index contributed by atoms with van der Waals surface area (Å²) in [6, 6.07) is 6.28. The highest BCUT2D eigenvalue weighted by molar-refractivity contribution is 7.92. The Balaban J connectivity index is 2.41. The van der Waals surface area contributed by atoms with Crippen molar-refractivity contribution in [3.05, 3.63) is 36.2 Å². The molecule has 0 bridgehead atoms. The number of aliphatic hydroxyl groups is 1. The van der Waals surface area contributed by atoms with Crippen molar-refractivity contribution in [2.75, 3.05) is 5.73 Å². The second kappa shape index (κ2) is 6.59. The maximum atomic E-state index is 12.1. The number of rotatable bonds is 5. The Bertz CT molecular complexity index is 791. The molecular weight excluding hydrogens is 318 g/mol. The fourth-order valence-corrected chi connectivity index (χ4v) is 2.98. The third-order valence-corrected chi connectivity index (χ3v) is 5.52. The summed E-state index contributed by atoms with van der Waals surface area (Å²) in [7, 11) is -3.33. The number of aliphatic hydroxyl groups excluding tert-OH is 1. The van der Waals surface area contributed by atoms with Gasteiger partial charge in [-0.3, -0.25) is 5.84 Å². The van der Waals surface area contributed by atoms with Crippen LogP contribution < -0.4 is 17.0 Å².